The van der Waals surface area contributed by atoms with Crippen molar-refractivity contribution >= 4 is 0 Å². The summed E-state index contributed by atoms with van der Waals surface area (Å²) in [4.78, 5) is 2.43. The topological polar surface area (TPSA) is 3.24 Å². The Morgan fingerprint density at radius 3 is 1.86 bits per heavy atom. The van der Waals surface area contributed by atoms with Gasteiger partial charge in [-0.05, 0) is 31.4 Å². The molecule has 1 aliphatic heterocycles. The van der Waals surface area contributed by atoms with Gasteiger partial charge >= 0.3 is 0 Å². The second-order valence-corrected chi connectivity index (χ2v) is 5.98. The summed E-state index contributed by atoms with van der Waals surface area (Å²) < 4.78 is 0. The first-order chi connectivity index (χ1) is 10.2. The fourth-order valence-electron chi connectivity index (χ4n) is 3.82. The lowest BCUT2D eigenvalue weighted by Gasteiger charge is -2.33. The van der Waals surface area contributed by atoms with Crippen LogP contribution in [0.2, 0.25) is 0 Å². The van der Waals surface area contributed by atoms with Crippen molar-refractivity contribution in [3.8, 4) is 0 Å². The lowest BCUT2D eigenvalue weighted by atomic mass is 9.71. The van der Waals surface area contributed by atoms with Crippen LogP contribution in [-0.2, 0) is 5.41 Å². The van der Waals surface area contributed by atoms with Gasteiger partial charge in [0.1, 0.15) is 0 Å². The average Bonchev–Trinajstić information content (AvgIpc) is 2.81. The van der Waals surface area contributed by atoms with Gasteiger partial charge in [0.15, 0.2) is 0 Å². The Hall–Kier alpha value is -2.02. The molecule has 0 spiro atoms. The van der Waals surface area contributed by atoms with Crippen LogP contribution in [0.1, 0.15) is 31.4 Å². The van der Waals surface area contributed by atoms with Crippen molar-refractivity contribution in [3.63, 3.8) is 0 Å². The van der Waals surface area contributed by atoms with E-state index in [1.165, 1.54) is 16.8 Å². The molecule has 0 amide bonds. The first-order valence-electron chi connectivity index (χ1n) is 7.71. The van der Waals surface area contributed by atoms with Gasteiger partial charge in [-0.2, -0.15) is 0 Å². The lowest BCUT2D eigenvalue weighted by molar-refractivity contribution is 0.375. The van der Waals surface area contributed by atoms with E-state index < -0.39 is 0 Å². The monoisotopic (exact) mass is 277 g/mol. The van der Waals surface area contributed by atoms with E-state index in [2.05, 4.69) is 92.5 Å². The molecule has 2 aromatic rings. The van der Waals surface area contributed by atoms with E-state index in [1.807, 2.05) is 0 Å². The zero-order valence-electron chi connectivity index (χ0n) is 13.1. The van der Waals surface area contributed by atoms with Crippen molar-refractivity contribution in [2.24, 2.45) is 0 Å². The predicted molar refractivity (Wildman–Crippen MR) is 89.3 cm³/mol. The quantitative estimate of drug-likeness (QED) is 0.775. The fourth-order valence-corrected chi connectivity index (χ4v) is 3.82. The second kappa shape index (κ2) is 5.40. The molecule has 1 heterocycles. The molecule has 1 saturated heterocycles. The third kappa shape index (κ3) is 2.08. The number of rotatable bonds is 2. The first-order valence-corrected chi connectivity index (χ1v) is 7.71. The largest absolute Gasteiger partial charge is 0.374 e. The highest BCUT2D eigenvalue weighted by Gasteiger charge is 2.47. The normalized spacial score (nSPS) is 22.7. The molecule has 0 bridgehead atoms. The van der Waals surface area contributed by atoms with E-state index in [-0.39, 0.29) is 5.41 Å². The molecular formula is C20H23N. The minimum absolute atomic E-state index is 0.0224. The maximum absolute atomic E-state index is 2.43. The highest BCUT2D eigenvalue weighted by Crippen LogP contribution is 2.49. The van der Waals surface area contributed by atoms with Gasteiger partial charge in [-0.3, -0.25) is 0 Å². The van der Waals surface area contributed by atoms with Crippen LogP contribution >= 0.6 is 0 Å². The molecular weight excluding hydrogens is 254 g/mol. The standard InChI is InChI=1S/C20H23N/c1-4-19-20(15-16(2)21(19)3,17-11-7-5-8-12-17)18-13-9-6-10-14-18/h4-14,16H,15H2,1-3H3/b19-4+. The number of allylic oxidation sites excluding steroid dienone is 2. The first kappa shape index (κ1) is 13.9. The van der Waals surface area contributed by atoms with Gasteiger partial charge in [-0.25, -0.2) is 0 Å². The van der Waals surface area contributed by atoms with Crippen molar-refractivity contribution in [1.29, 1.82) is 0 Å². The number of nitrogens with zero attached hydrogens (tertiary/aromatic N) is 1. The second-order valence-electron chi connectivity index (χ2n) is 5.98. The van der Waals surface area contributed by atoms with Crippen molar-refractivity contribution in [2.75, 3.05) is 7.05 Å². The van der Waals surface area contributed by atoms with E-state index in [1.54, 1.807) is 0 Å². The molecule has 108 valence electrons. The molecule has 0 aromatic heterocycles. The Labute approximate surface area is 127 Å². The molecule has 0 radical (unpaired) electrons. The molecule has 1 aliphatic rings. The van der Waals surface area contributed by atoms with Crippen LogP contribution in [0, 0.1) is 0 Å². The predicted octanol–water partition coefficient (Wildman–Crippen LogP) is 4.60. The van der Waals surface area contributed by atoms with E-state index in [0.717, 1.165) is 6.42 Å². The molecule has 0 aliphatic carbocycles. The van der Waals surface area contributed by atoms with Gasteiger partial charge in [-0.1, -0.05) is 66.7 Å². The zero-order chi connectivity index (χ0) is 14.9. The van der Waals surface area contributed by atoms with Crippen molar-refractivity contribution in [2.45, 2.75) is 31.7 Å². The maximum Gasteiger partial charge on any atom is 0.0616 e. The zero-order valence-corrected chi connectivity index (χ0v) is 13.1. The molecule has 1 fully saturated rings. The van der Waals surface area contributed by atoms with Gasteiger partial charge < -0.3 is 4.90 Å². The summed E-state index contributed by atoms with van der Waals surface area (Å²) in [6.45, 7) is 4.47. The molecule has 2 aromatic carbocycles. The van der Waals surface area contributed by atoms with Gasteiger partial charge in [0.2, 0.25) is 0 Å². The number of hydrogen-bond donors (Lipinski definition) is 0. The molecule has 1 nitrogen and oxygen atoms in total. The highest BCUT2D eigenvalue weighted by atomic mass is 15.2. The van der Waals surface area contributed by atoms with E-state index >= 15 is 0 Å². The minimum Gasteiger partial charge on any atom is -0.374 e. The third-order valence-corrected chi connectivity index (χ3v) is 4.89. The summed E-state index contributed by atoms with van der Waals surface area (Å²) in [5, 5.41) is 0. The number of likely N-dealkylation sites (tertiary alicyclic amines) is 1. The number of benzene rings is 2. The van der Waals surface area contributed by atoms with Crippen LogP contribution in [0.15, 0.2) is 72.4 Å². The van der Waals surface area contributed by atoms with Crippen LogP contribution in [0.25, 0.3) is 0 Å². The van der Waals surface area contributed by atoms with Crippen LogP contribution < -0.4 is 0 Å². The van der Waals surface area contributed by atoms with Gasteiger partial charge in [0, 0.05) is 18.8 Å². The van der Waals surface area contributed by atoms with Crippen LogP contribution in [0.3, 0.4) is 0 Å². The van der Waals surface area contributed by atoms with Gasteiger partial charge in [0.05, 0.1) is 5.41 Å². The Balaban J connectivity index is 2.27. The van der Waals surface area contributed by atoms with Crippen molar-refractivity contribution < 1.29 is 0 Å². The summed E-state index contributed by atoms with van der Waals surface area (Å²) in [5.41, 5.74) is 4.17. The fraction of sp³-hybridized carbons (Fsp3) is 0.300. The van der Waals surface area contributed by atoms with E-state index in [0.29, 0.717) is 6.04 Å². The van der Waals surface area contributed by atoms with Crippen LogP contribution in [0.4, 0.5) is 0 Å². The molecule has 0 saturated carbocycles. The highest BCUT2D eigenvalue weighted by molar-refractivity contribution is 5.50. The Bertz CT molecular complexity index is 588. The summed E-state index contributed by atoms with van der Waals surface area (Å²) in [7, 11) is 2.22. The molecule has 3 rings (SSSR count). The molecule has 1 unspecified atom stereocenters. The average molecular weight is 277 g/mol. The minimum atomic E-state index is -0.0224. The maximum atomic E-state index is 2.43. The van der Waals surface area contributed by atoms with Gasteiger partial charge in [0.25, 0.3) is 0 Å². The molecule has 1 heteroatoms. The Morgan fingerprint density at radius 1 is 0.952 bits per heavy atom. The molecule has 1 atom stereocenters. The van der Waals surface area contributed by atoms with Crippen molar-refractivity contribution in [1.82, 2.24) is 4.90 Å². The number of hydrogen-bond acceptors (Lipinski definition) is 1. The summed E-state index contributed by atoms with van der Waals surface area (Å²) in [6, 6.07) is 22.4. The summed E-state index contributed by atoms with van der Waals surface area (Å²) >= 11 is 0. The SMILES string of the molecule is C/C=C1/N(C)C(C)CC1(c1ccccc1)c1ccccc1. The lowest BCUT2D eigenvalue weighted by Crippen LogP contribution is -2.29. The van der Waals surface area contributed by atoms with Crippen molar-refractivity contribution in [3.05, 3.63) is 83.6 Å². The van der Waals surface area contributed by atoms with Crippen LogP contribution in [0.5, 0.6) is 0 Å². The number of likely N-dealkylation sites (N-methyl/N-ethyl adjacent to an activating group) is 1. The Morgan fingerprint density at radius 2 is 1.43 bits per heavy atom. The van der Waals surface area contributed by atoms with Crippen LogP contribution in [-0.4, -0.2) is 18.0 Å². The third-order valence-electron chi connectivity index (χ3n) is 4.89. The molecule has 0 N–H and O–H groups in total. The van der Waals surface area contributed by atoms with E-state index in [9.17, 15) is 0 Å². The van der Waals surface area contributed by atoms with Gasteiger partial charge in [-0.15, -0.1) is 0 Å². The van der Waals surface area contributed by atoms with E-state index in [4.69, 9.17) is 0 Å². The smallest absolute Gasteiger partial charge is 0.0616 e. The Kier molecular flexibility index (Phi) is 3.59. The molecule has 21 heavy (non-hydrogen) atoms. The summed E-state index contributed by atoms with van der Waals surface area (Å²) in [5.74, 6) is 0. The summed E-state index contributed by atoms with van der Waals surface area (Å²) in [6.07, 6.45) is 3.40.